The van der Waals surface area contributed by atoms with Gasteiger partial charge in [0.25, 0.3) is 5.69 Å². The molecule has 1 aromatic heterocycles. The summed E-state index contributed by atoms with van der Waals surface area (Å²) in [4.78, 5) is 19.2. The quantitative estimate of drug-likeness (QED) is 0.523. The zero-order valence-electron chi connectivity index (χ0n) is 11.6. The second-order valence-corrected chi connectivity index (χ2v) is 5.06. The van der Waals surface area contributed by atoms with E-state index in [9.17, 15) is 14.5 Å². The number of hydrogen-bond acceptors (Lipinski definition) is 4. The van der Waals surface area contributed by atoms with Gasteiger partial charge in [0.05, 0.1) is 21.2 Å². The van der Waals surface area contributed by atoms with Crippen LogP contribution in [0.4, 0.5) is 10.1 Å². The Balaban J connectivity index is 2.26. The van der Waals surface area contributed by atoms with Crippen LogP contribution in [-0.4, -0.2) is 14.9 Å². The fourth-order valence-electron chi connectivity index (χ4n) is 2.25. The van der Waals surface area contributed by atoms with Crippen LogP contribution in [0.25, 0.3) is 22.5 Å². The number of nitro groups is 1. The van der Waals surface area contributed by atoms with Crippen LogP contribution < -0.4 is 0 Å². The number of halogens is 2. The van der Waals surface area contributed by atoms with Gasteiger partial charge >= 0.3 is 0 Å². The van der Waals surface area contributed by atoms with E-state index in [4.69, 9.17) is 11.6 Å². The highest BCUT2D eigenvalue weighted by molar-refractivity contribution is 6.33. The van der Waals surface area contributed by atoms with E-state index in [1.165, 1.54) is 30.6 Å². The maximum absolute atomic E-state index is 13.2. The molecule has 0 N–H and O–H groups in total. The summed E-state index contributed by atoms with van der Waals surface area (Å²) >= 11 is 6.08. The second-order valence-electron chi connectivity index (χ2n) is 4.65. The summed E-state index contributed by atoms with van der Waals surface area (Å²) in [6.45, 7) is 0. The minimum Gasteiger partial charge on any atom is -0.258 e. The molecule has 2 aromatic carbocycles. The molecule has 0 aliphatic carbocycles. The summed E-state index contributed by atoms with van der Waals surface area (Å²) in [5, 5.41) is 11.4. The lowest BCUT2D eigenvalue weighted by atomic mass is 10.0. The summed E-state index contributed by atoms with van der Waals surface area (Å²) in [5.74, 6) is -0.477. The first-order valence-electron chi connectivity index (χ1n) is 6.58. The Hall–Kier alpha value is -2.86. The van der Waals surface area contributed by atoms with Gasteiger partial charge in [-0.1, -0.05) is 23.7 Å². The van der Waals surface area contributed by atoms with Crippen molar-refractivity contribution in [1.82, 2.24) is 9.97 Å². The lowest BCUT2D eigenvalue weighted by Gasteiger charge is -2.09. The van der Waals surface area contributed by atoms with Gasteiger partial charge in [-0.25, -0.2) is 4.39 Å². The Bertz CT molecular complexity index is 902. The van der Waals surface area contributed by atoms with Crippen molar-refractivity contribution in [3.63, 3.8) is 0 Å². The van der Waals surface area contributed by atoms with Crippen molar-refractivity contribution in [2.45, 2.75) is 0 Å². The monoisotopic (exact) mass is 329 g/mol. The summed E-state index contributed by atoms with van der Waals surface area (Å²) in [5.41, 5.74) is 1.35. The number of nitrogens with zero attached hydrogens (tertiary/aromatic N) is 3. The van der Waals surface area contributed by atoms with Crippen molar-refractivity contribution in [3.05, 3.63) is 75.8 Å². The Morgan fingerprint density at radius 1 is 1.00 bits per heavy atom. The van der Waals surface area contributed by atoms with E-state index in [0.717, 1.165) is 6.07 Å². The highest BCUT2D eigenvalue weighted by Gasteiger charge is 2.20. The fraction of sp³-hybridized carbons (Fsp3) is 0. The third-order valence-corrected chi connectivity index (χ3v) is 3.55. The molecule has 0 aliphatic rings. The number of benzene rings is 2. The van der Waals surface area contributed by atoms with Crippen molar-refractivity contribution >= 4 is 17.3 Å². The van der Waals surface area contributed by atoms with Crippen LogP contribution in [-0.2, 0) is 0 Å². The van der Waals surface area contributed by atoms with Gasteiger partial charge in [-0.05, 0) is 24.3 Å². The van der Waals surface area contributed by atoms with E-state index in [0.29, 0.717) is 22.5 Å². The predicted molar refractivity (Wildman–Crippen MR) is 84.5 cm³/mol. The summed E-state index contributed by atoms with van der Waals surface area (Å²) in [7, 11) is 0. The Labute approximate surface area is 135 Å². The van der Waals surface area contributed by atoms with Crippen molar-refractivity contribution in [3.8, 4) is 22.5 Å². The van der Waals surface area contributed by atoms with Crippen LogP contribution >= 0.6 is 11.6 Å². The van der Waals surface area contributed by atoms with Gasteiger partial charge in [-0.3, -0.25) is 20.1 Å². The number of hydrogen-bond donors (Lipinski definition) is 0. The first kappa shape index (κ1) is 15.1. The van der Waals surface area contributed by atoms with Gasteiger partial charge in [0, 0.05) is 24.0 Å². The van der Waals surface area contributed by atoms with Gasteiger partial charge < -0.3 is 0 Å². The van der Waals surface area contributed by atoms with Crippen molar-refractivity contribution in [2.75, 3.05) is 0 Å². The van der Waals surface area contributed by atoms with Crippen LogP contribution in [0.3, 0.4) is 0 Å². The molecule has 23 heavy (non-hydrogen) atoms. The third-order valence-electron chi connectivity index (χ3n) is 3.24. The molecule has 0 aliphatic heterocycles. The third kappa shape index (κ3) is 2.89. The summed E-state index contributed by atoms with van der Waals surface area (Å²) in [6, 6.07) is 10.1. The van der Waals surface area contributed by atoms with Crippen molar-refractivity contribution < 1.29 is 9.31 Å². The van der Waals surface area contributed by atoms with Gasteiger partial charge in [0.15, 0.2) is 0 Å². The average molecular weight is 330 g/mol. The zero-order valence-corrected chi connectivity index (χ0v) is 12.4. The molecular formula is C16H9ClFN3O2. The zero-order chi connectivity index (χ0) is 16.4. The molecule has 0 saturated heterocycles. The predicted octanol–water partition coefficient (Wildman–Crippen LogP) is 4.51. The average Bonchev–Trinajstić information content (AvgIpc) is 2.55. The molecule has 7 heteroatoms. The number of aromatic nitrogens is 2. The highest BCUT2D eigenvalue weighted by atomic mass is 35.5. The molecule has 0 unspecified atom stereocenters. The van der Waals surface area contributed by atoms with Gasteiger partial charge in [-0.15, -0.1) is 0 Å². The summed E-state index contributed by atoms with van der Waals surface area (Å²) < 4.78 is 13.2. The van der Waals surface area contributed by atoms with Crippen LogP contribution in [0, 0.1) is 15.9 Å². The molecule has 114 valence electrons. The van der Waals surface area contributed by atoms with Crippen LogP contribution in [0.2, 0.25) is 5.02 Å². The normalized spacial score (nSPS) is 10.5. The Morgan fingerprint density at radius 3 is 2.30 bits per heavy atom. The lowest BCUT2D eigenvalue weighted by molar-refractivity contribution is -0.384. The van der Waals surface area contributed by atoms with E-state index in [-0.39, 0.29) is 10.7 Å². The molecule has 0 bridgehead atoms. The second kappa shape index (κ2) is 6.10. The van der Waals surface area contributed by atoms with Crippen molar-refractivity contribution in [2.24, 2.45) is 0 Å². The number of nitro benzene ring substituents is 1. The minimum atomic E-state index is -0.486. The lowest BCUT2D eigenvalue weighted by Crippen LogP contribution is -1.97. The standard InChI is InChI=1S/C16H9ClFN3O2/c17-13-9-10(18)5-6-11(13)15-16(20-8-7-19-15)12-3-1-2-4-14(12)21(22)23/h1-9H. The maximum atomic E-state index is 13.2. The molecule has 0 spiro atoms. The van der Waals surface area contributed by atoms with Crippen LogP contribution in [0.1, 0.15) is 0 Å². The van der Waals surface area contributed by atoms with Crippen LogP contribution in [0.5, 0.6) is 0 Å². The molecule has 0 saturated carbocycles. The number of rotatable bonds is 3. The van der Waals surface area contributed by atoms with E-state index in [2.05, 4.69) is 9.97 Å². The Morgan fingerprint density at radius 2 is 1.65 bits per heavy atom. The molecule has 3 rings (SSSR count). The largest absolute Gasteiger partial charge is 0.278 e. The fourth-order valence-corrected chi connectivity index (χ4v) is 2.50. The minimum absolute atomic E-state index is 0.0903. The molecule has 5 nitrogen and oxygen atoms in total. The molecule has 1 heterocycles. The molecule has 0 radical (unpaired) electrons. The molecule has 3 aromatic rings. The smallest absolute Gasteiger partial charge is 0.258 e. The van der Waals surface area contributed by atoms with Gasteiger partial charge in [0.1, 0.15) is 11.5 Å². The summed E-state index contributed by atoms with van der Waals surface area (Å²) in [6.07, 6.45) is 2.89. The molecular weight excluding hydrogens is 321 g/mol. The maximum Gasteiger partial charge on any atom is 0.278 e. The number of para-hydroxylation sites is 1. The van der Waals surface area contributed by atoms with Gasteiger partial charge in [-0.2, -0.15) is 0 Å². The first-order chi connectivity index (χ1) is 11.1. The Kier molecular flexibility index (Phi) is 3.99. The molecule has 0 atom stereocenters. The van der Waals surface area contributed by atoms with E-state index in [1.54, 1.807) is 18.2 Å². The van der Waals surface area contributed by atoms with Crippen LogP contribution in [0.15, 0.2) is 54.9 Å². The van der Waals surface area contributed by atoms with E-state index < -0.39 is 10.7 Å². The first-order valence-corrected chi connectivity index (χ1v) is 6.96. The van der Waals surface area contributed by atoms with E-state index in [1.807, 2.05) is 0 Å². The topological polar surface area (TPSA) is 68.9 Å². The van der Waals surface area contributed by atoms with Gasteiger partial charge in [0.2, 0.25) is 0 Å². The highest BCUT2D eigenvalue weighted by Crippen LogP contribution is 2.36. The SMILES string of the molecule is O=[N+]([O-])c1ccccc1-c1nccnc1-c1ccc(F)cc1Cl. The molecule has 0 fully saturated rings. The molecule has 0 amide bonds. The van der Waals surface area contributed by atoms with Crippen molar-refractivity contribution in [1.29, 1.82) is 0 Å². The van der Waals surface area contributed by atoms with E-state index >= 15 is 0 Å².